The molecule has 0 aliphatic carbocycles. The third kappa shape index (κ3) is 3.34. The number of methoxy groups -OCH3 is 3. The molecule has 0 radical (unpaired) electrons. The second-order valence-electron chi connectivity index (χ2n) is 4.44. The lowest BCUT2D eigenvalue weighted by Crippen LogP contribution is -1.96. The minimum atomic E-state index is 0.612. The van der Waals surface area contributed by atoms with Crippen LogP contribution in [-0.2, 0) is 0 Å². The smallest absolute Gasteiger partial charge is 0.151 e. The van der Waals surface area contributed by atoms with E-state index in [9.17, 15) is 0 Å². The first-order valence-corrected chi connectivity index (χ1v) is 6.60. The molecule has 0 atom stereocenters. The molecule has 2 aromatic rings. The summed E-state index contributed by atoms with van der Waals surface area (Å²) in [7, 11) is 4.81. The van der Waals surface area contributed by atoms with E-state index in [4.69, 9.17) is 14.2 Å². The van der Waals surface area contributed by atoms with Crippen LogP contribution in [0.1, 0.15) is 12.5 Å². The lowest BCUT2D eigenvalue weighted by Gasteiger charge is -2.12. The molecule has 0 unspecified atom stereocenters. The van der Waals surface area contributed by atoms with Crippen molar-refractivity contribution in [3.63, 3.8) is 0 Å². The summed E-state index contributed by atoms with van der Waals surface area (Å²) in [5, 5.41) is 0. The van der Waals surface area contributed by atoms with Gasteiger partial charge in [-0.1, -0.05) is 30.3 Å². The van der Waals surface area contributed by atoms with Crippen molar-refractivity contribution < 1.29 is 14.2 Å². The molecule has 0 saturated carbocycles. The van der Waals surface area contributed by atoms with E-state index in [0.29, 0.717) is 22.9 Å². The molecular formula is C17H19NO3. The minimum absolute atomic E-state index is 0.612. The number of benzene rings is 2. The van der Waals surface area contributed by atoms with Crippen LogP contribution in [0.25, 0.3) is 0 Å². The molecule has 2 rings (SSSR count). The van der Waals surface area contributed by atoms with Crippen molar-refractivity contribution in [1.82, 2.24) is 0 Å². The quantitative estimate of drug-likeness (QED) is 0.783. The van der Waals surface area contributed by atoms with Crippen LogP contribution >= 0.6 is 0 Å². The molecule has 0 saturated heterocycles. The number of aliphatic imine (C=N–C) groups is 1. The topological polar surface area (TPSA) is 40.0 Å². The molecule has 0 aliphatic rings. The van der Waals surface area contributed by atoms with E-state index in [1.807, 2.05) is 37.3 Å². The van der Waals surface area contributed by atoms with E-state index in [1.165, 1.54) is 0 Å². The largest absolute Gasteiger partial charge is 0.496 e. The van der Waals surface area contributed by atoms with Gasteiger partial charge in [-0.15, -0.1) is 0 Å². The van der Waals surface area contributed by atoms with Crippen molar-refractivity contribution >= 4 is 11.4 Å². The van der Waals surface area contributed by atoms with Crippen molar-refractivity contribution in [2.24, 2.45) is 4.99 Å². The van der Waals surface area contributed by atoms with Crippen LogP contribution in [0.3, 0.4) is 0 Å². The average molecular weight is 285 g/mol. The molecule has 0 spiro atoms. The van der Waals surface area contributed by atoms with E-state index in [1.54, 1.807) is 33.5 Å². The summed E-state index contributed by atoms with van der Waals surface area (Å²) in [6.45, 7) is 1.96. The predicted octanol–water partition coefficient (Wildman–Crippen LogP) is 3.85. The normalized spacial score (nSPS) is 11.1. The second-order valence-corrected chi connectivity index (χ2v) is 4.44. The fraction of sp³-hybridized carbons (Fsp3) is 0.235. The Balaban J connectivity index is 2.52. The predicted molar refractivity (Wildman–Crippen MR) is 84.4 cm³/mol. The van der Waals surface area contributed by atoms with Gasteiger partial charge in [-0.3, -0.25) is 0 Å². The summed E-state index contributed by atoms with van der Waals surface area (Å²) in [5.41, 5.74) is 2.59. The molecular weight excluding hydrogens is 266 g/mol. The molecule has 110 valence electrons. The van der Waals surface area contributed by atoms with Crippen molar-refractivity contribution in [1.29, 1.82) is 0 Å². The molecule has 0 fully saturated rings. The maximum absolute atomic E-state index is 5.40. The molecule has 21 heavy (non-hydrogen) atoms. The van der Waals surface area contributed by atoms with E-state index < -0.39 is 0 Å². The summed E-state index contributed by atoms with van der Waals surface area (Å²) < 4.78 is 16.0. The Morgan fingerprint density at radius 3 is 1.90 bits per heavy atom. The zero-order valence-corrected chi connectivity index (χ0v) is 12.7. The SMILES string of the molecule is COc1cc(OC)c(N=C(C)c2ccccc2)c(OC)c1. The van der Waals surface area contributed by atoms with Gasteiger partial charge in [0.05, 0.1) is 21.3 Å². The minimum Gasteiger partial charge on any atom is -0.496 e. The van der Waals surface area contributed by atoms with Crippen LogP contribution in [0, 0.1) is 0 Å². The Kier molecular flexibility index (Phi) is 4.82. The Morgan fingerprint density at radius 2 is 1.43 bits per heavy atom. The number of ether oxygens (including phenoxy) is 3. The van der Waals surface area contributed by atoms with Gasteiger partial charge < -0.3 is 14.2 Å². The molecule has 0 aromatic heterocycles. The van der Waals surface area contributed by atoms with Gasteiger partial charge in [0, 0.05) is 17.8 Å². The Labute approximate surface area is 125 Å². The van der Waals surface area contributed by atoms with Gasteiger partial charge >= 0.3 is 0 Å². The first kappa shape index (κ1) is 14.9. The molecule has 0 heterocycles. The van der Waals surface area contributed by atoms with Crippen molar-refractivity contribution in [2.45, 2.75) is 6.92 Å². The van der Waals surface area contributed by atoms with Crippen LogP contribution in [0.4, 0.5) is 5.69 Å². The zero-order valence-electron chi connectivity index (χ0n) is 12.7. The fourth-order valence-corrected chi connectivity index (χ4v) is 2.01. The maximum Gasteiger partial charge on any atom is 0.151 e. The number of rotatable bonds is 5. The van der Waals surface area contributed by atoms with E-state index in [0.717, 1.165) is 11.3 Å². The van der Waals surface area contributed by atoms with Crippen LogP contribution in [-0.4, -0.2) is 27.0 Å². The van der Waals surface area contributed by atoms with Gasteiger partial charge in [-0.05, 0) is 12.5 Å². The highest BCUT2D eigenvalue weighted by Crippen LogP contribution is 2.41. The standard InChI is InChI=1S/C17H19NO3/c1-12(13-8-6-5-7-9-13)18-17-15(20-3)10-14(19-2)11-16(17)21-4/h5-11H,1-4H3. The summed E-state index contributed by atoms with van der Waals surface area (Å²) in [6, 6.07) is 13.6. The van der Waals surface area contributed by atoms with Crippen LogP contribution in [0.5, 0.6) is 17.2 Å². The number of nitrogens with zero attached hydrogens (tertiary/aromatic N) is 1. The Morgan fingerprint density at radius 1 is 0.857 bits per heavy atom. The molecule has 0 aliphatic heterocycles. The summed E-state index contributed by atoms with van der Waals surface area (Å²) in [5.74, 6) is 1.89. The number of hydrogen-bond acceptors (Lipinski definition) is 4. The molecule has 4 heteroatoms. The monoisotopic (exact) mass is 285 g/mol. The van der Waals surface area contributed by atoms with Gasteiger partial charge in [0.1, 0.15) is 11.4 Å². The van der Waals surface area contributed by atoms with Crippen LogP contribution in [0.15, 0.2) is 47.5 Å². The van der Waals surface area contributed by atoms with Crippen LogP contribution < -0.4 is 14.2 Å². The Bertz CT molecular complexity index is 611. The molecule has 0 N–H and O–H groups in total. The third-order valence-electron chi connectivity index (χ3n) is 3.16. The first-order valence-electron chi connectivity index (χ1n) is 6.60. The summed E-state index contributed by atoms with van der Waals surface area (Å²) in [4.78, 5) is 4.66. The lowest BCUT2D eigenvalue weighted by atomic mass is 10.1. The number of hydrogen-bond donors (Lipinski definition) is 0. The fourth-order valence-electron chi connectivity index (χ4n) is 2.01. The highest BCUT2D eigenvalue weighted by molar-refractivity contribution is 6.01. The van der Waals surface area contributed by atoms with Gasteiger partial charge in [0.2, 0.25) is 0 Å². The van der Waals surface area contributed by atoms with E-state index in [-0.39, 0.29) is 0 Å². The van der Waals surface area contributed by atoms with E-state index in [2.05, 4.69) is 4.99 Å². The average Bonchev–Trinajstić information content (AvgIpc) is 2.55. The second kappa shape index (κ2) is 6.79. The van der Waals surface area contributed by atoms with Crippen molar-refractivity contribution in [2.75, 3.05) is 21.3 Å². The van der Waals surface area contributed by atoms with Gasteiger partial charge in [0.15, 0.2) is 11.5 Å². The van der Waals surface area contributed by atoms with Gasteiger partial charge in [-0.2, -0.15) is 0 Å². The highest BCUT2D eigenvalue weighted by Gasteiger charge is 2.13. The van der Waals surface area contributed by atoms with Gasteiger partial charge in [-0.25, -0.2) is 4.99 Å². The van der Waals surface area contributed by atoms with Gasteiger partial charge in [0.25, 0.3) is 0 Å². The van der Waals surface area contributed by atoms with Crippen molar-refractivity contribution in [3.8, 4) is 17.2 Å². The molecule has 0 amide bonds. The van der Waals surface area contributed by atoms with Crippen molar-refractivity contribution in [3.05, 3.63) is 48.0 Å². The Hall–Kier alpha value is -2.49. The molecule has 4 nitrogen and oxygen atoms in total. The summed E-state index contributed by atoms with van der Waals surface area (Å²) >= 11 is 0. The summed E-state index contributed by atoms with van der Waals surface area (Å²) in [6.07, 6.45) is 0. The maximum atomic E-state index is 5.40. The van der Waals surface area contributed by atoms with Crippen LogP contribution in [0.2, 0.25) is 0 Å². The van der Waals surface area contributed by atoms with E-state index >= 15 is 0 Å². The lowest BCUT2D eigenvalue weighted by molar-refractivity contribution is 0.377. The molecule has 0 bridgehead atoms. The highest BCUT2D eigenvalue weighted by atomic mass is 16.5. The zero-order chi connectivity index (χ0) is 15.2. The third-order valence-corrected chi connectivity index (χ3v) is 3.16. The molecule has 2 aromatic carbocycles. The first-order chi connectivity index (χ1) is 10.2.